The van der Waals surface area contributed by atoms with Crippen LogP contribution < -0.4 is 10.5 Å². The van der Waals surface area contributed by atoms with E-state index >= 15 is 0 Å². The van der Waals surface area contributed by atoms with Gasteiger partial charge in [-0.25, -0.2) is 9.18 Å². The van der Waals surface area contributed by atoms with Crippen LogP contribution in [0.3, 0.4) is 0 Å². The second-order valence-electron chi connectivity index (χ2n) is 8.53. The highest BCUT2D eigenvalue weighted by Gasteiger charge is 2.23. The highest BCUT2D eigenvalue weighted by molar-refractivity contribution is 5.86. The second-order valence-corrected chi connectivity index (χ2v) is 8.53. The summed E-state index contributed by atoms with van der Waals surface area (Å²) < 4.78 is 23.8. The first-order valence-electron chi connectivity index (χ1n) is 11.5. The molecular formula is C26H29FN2O5. The number of phenolic OH excluding ortho intramolecular Hbond substituents is 1. The molecule has 1 saturated heterocycles. The van der Waals surface area contributed by atoms with E-state index in [-0.39, 0.29) is 24.0 Å². The average Bonchev–Trinajstić information content (AvgIpc) is 2.81. The fourth-order valence-electron chi connectivity index (χ4n) is 4.41. The van der Waals surface area contributed by atoms with Gasteiger partial charge in [0.15, 0.2) is 0 Å². The lowest BCUT2D eigenvalue weighted by Crippen LogP contribution is -2.46. The topological polar surface area (TPSA) is 83.2 Å². The Bertz CT molecular complexity index is 1230. The van der Waals surface area contributed by atoms with Gasteiger partial charge in [-0.05, 0) is 61.7 Å². The molecule has 1 N–H and O–H groups in total. The van der Waals surface area contributed by atoms with Crippen LogP contribution in [0, 0.1) is 12.7 Å². The molecule has 3 aromatic rings. The number of halogens is 1. The van der Waals surface area contributed by atoms with Crippen LogP contribution in [-0.2, 0) is 22.5 Å². The molecule has 0 spiro atoms. The molecule has 180 valence electrons. The Morgan fingerprint density at radius 1 is 1.15 bits per heavy atom. The summed E-state index contributed by atoms with van der Waals surface area (Å²) in [6.07, 6.45) is 0.475. The van der Waals surface area contributed by atoms with E-state index < -0.39 is 5.63 Å². The standard InChI is InChI=1S/C26H29FN2O5/c1-3-33-23(30)9-4-18-15-21-17(2)14-24(31)34-26(21)22(25(18)32)16-28-10-12-29(13-11-28)20-7-5-19(27)6-8-20/h5-8,14-15,32H,3-4,9-13,16H2,1-2H3. The molecule has 0 aliphatic carbocycles. The van der Waals surface area contributed by atoms with Crippen molar-refractivity contribution in [2.45, 2.75) is 33.2 Å². The van der Waals surface area contributed by atoms with Crippen molar-refractivity contribution in [2.75, 3.05) is 37.7 Å². The minimum absolute atomic E-state index is 0.0477. The number of piperazine rings is 1. The molecule has 0 atom stereocenters. The number of phenols is 1. The third kappa shape index (κ3) is 5.22. The van der Waals surface area contributed by atoms with Crippen LogP contribution in [0.5, 0.6) is 5.75 Å². The van der Waals surface area contributed by atoms with Crippen LogP contribution in [-0.4, -0.2) is 48.8 Å². The zero-order valence-corrected chi connectivity index (χ0v) is 19.5. The first kappa shape index (κ1) is 23.8. The lowest BCUT2D eigenvalue weighted by Gasteiger charge is -2.36. The normalized spacial score (nSPS) is 14.5. The van der Waals surface area contributed by atoms with Crippen molar-refractivity contribution < 1.29 is 23.4 Å². The van der Waals surface area contributed by atoms with E-state index in [1.165, 1.54) is 18.2 Å². The van der Waals surface area contributed by atoms with Crippen LogP contribution in [0.15, 0.2) is 45.6 Å². The summed E-state index contributed by atoms with van der Waals surface area (Å²) in [5, 5.41) is 11.9. The van der Waals surface area contributed by atoms with Gasteiger partial charge in [0, 0.05) is 56.3 Å². The third-order valence-electron chi connectivity index (χ3n) is 6.24. The zero-order chi connectivity index (χ0) is 24.2. The Kier molecular flexibility index (Phi) is 7.17. The first-order chi connectivity index (χ1) is 16.4. The van der Waals surface area contributed by atoms with Gasteiger partial charge < -0.3 is 19.2 Å². The molecule has 0 radical (unpaired) electrons. The van der Waals surface area contributed by atoms with Gasteiger partial charge in [0.05, 0.1) is 12.2 Å². The molecule has 0 saturated carbocycles. The number of carbonyl (C=O) groups is 1. The monoisotopic (exact) mass is 468 g/mol. The number of hydrogen-bond donors (Lipinski definition) is 1. The molecule has 8 heteroatoms. The Hall–Kier alpha value is -3.39. The molecule has 0 bridgehead atoms. The molecule has 0 amide bonds. The number of esters is 1. The minimum Gasteiger partial charge on any atom is -0.507 e. The van der Waals surface area contributed by atoms with Gasteiger partial charge in [0.1, 0.15) is 17.1 Å². The van der Waals surface area contributed by atoms with Gasteiger partial charge in [0.25, 0.3) is 0 Å². The van der Waals surface area contributed by atoms with Gasteiger partial charge >= 0.3 is 11.6 Å². The molecule has 0 unspecified atom stereocenters. The van der Waals surface area contributed by atoms with Crippen molar-refractivity contribution in [3.05, 3.63) is 69.3 Å². The smallest absolute Gasteiger partial charge is 0.336 e. The number of carbonyl (C=O) groups excluding carboxylic acids is 1. The molecule has 1 aliphatic heterocycles. The fraction of sp³-hybridized carbons (Fsp3) is 0.385. The van der Waals surface area contributed by atoms with Crippen LogP contribution >= 0.6 is 0 Å². The van der Waals surface area contributed by atoms with E-state index in [9.17, 15) is 19.1 Å². The van der Waals surface area contributed by atoms with Gasteiger partial charge in [-0.2, -0.15) is 0 Å². The van der Waals surface area contributed by atoms with E-state index in [1.807, 2.05) is 6.92 Å². The lowest BCUT2D eigenvalue weighted by atomic mass is 9.98. The minimum atomic E-state index is -0.467. The summed E-state index contributed by atoms with van der Waals surface area (Å²) >= 11 is 0. The maximum atomic E-state index is 13.2. The predicted molar refractivity (Wildman–Crippen MR) is 128 cm³/mol. The highest BCUT2D eigenvalue weighted by Crippen LogP contribution is 2.34. The number of nitrogens with zero attached hydrogens (tertiary/aromatic N) is 2. The van der Waals surface area contributed by atoms with E-state index in [0.29, 0.717) is 36.3 Å². The summed E-state index contributed by atoms with van der Waals surface area (Å²) in [6.45, 7) is 7.23. The first-order valence-corrected chi connectivity index (χ1v) is 11.5. The van der Waals surface area contributed by atoms with Crippen LogP contribution in [0.1, 0.15) is 30.0 Å². The summed E-state index contributed by atoms with van der Waals surface area (Å²) in [5.74, 6) is -0.535. The van der Waals surface area contributed by atoms with E-state index in [1.54, 1.807) is 25.1 Å². The largest absolute Gasteiger partial charge is 0.507 e. The number of rotatable bonds is 7. The number of aryl methyl sites for hydroxylation is 2. The zero-order valence-electron chi connectivity index (χ0n) is 19.5. The molecule has 4 rings (SSSR count). The van der Waals surface area contributed by atoms with Crippen LogP contribution in [0.25, 0.3) is 11.0 Å². The van der Waals surface area contributed by atoms with Crippen molar-refractivity contribution in [1.29, 1.82) is 0 Å². The van der Waals surface area contributed by atoms with Crippen molar-refractivity contribution in [3.8, 4) is 5.75 Å². The predicted octanol–water partition coefficient (Wildman–Crippen LogP) is 3.76. The van der Waals surface area contributed by atoms with Gasteiger partial charge in [-0.3, -0.25) is 9.69 Å². The summed E-state index contributed by atoms with van der Waals surface area (Å²) in [6, 6.07) is 9.68. The molecule has 2 aromatic carbocycles. The molecule has 1 aliphatic rings. The number of ether oxygens (including phenoxy) is 1. The molecule has 1 aromatic heterocycles. The Labute approximate surface area is 197 Å². The van der Waals surface area contributed by atoms with Gasteiger partial charge in [-0.15, -0.1) is 0 Å². The third-order valence-corrected chi connectivity index (χ3v) is 6.24. The average molecular weight is 469 g/mol. The van der Waals surface area contributed by atoms with E-state index in [4.69, 9.17) is 9.15 Å². The van der Waals surface area contributed by atoms with Crippen molar-refractivity contribution in [3.63, 3.8) is 0 Å². The van der Waals surface area contributed by atoms with Gasteiger partial charge in [0.2, 0.25) is 0 Å². The highest BCUT2D eigenvalue weighted by atomic mass is 19.1. The molecule has 7 nitrogen and oxygen atoms in total. The molecule has 34 heavy (non-hydrogen) atoms. The molecular weight excluding hydrogens is 439 g/mol. The summed E-state index contributed by atoms with van der Waals surface area (Å²) in [7, 11) is 0. The van der Waals surface area contributed by atoms with E-state index in [0.717, 1.165) is 42.8 Å². The van der Waals surface area contributed by atoms with Crippen molar-refractivity contribution in [1.82, 2.24) is 4.90 Å². The maximum absolute atomic E-state index is 13.2. The summed E-state index contributed by atoms with van der Waals surface area (Å²) in [4.78, 5) is 28.3. The van der Waals surface area contributed by atoms with Crippen molar-refractivity contribution in [2.24, 2.45) is 0 Å². The van der Waals surface area contributed by atoms with E-state index in [2.05, 4.69) is 9.80 Å². The number of anilines is 1. The quantitative estimate of drug-likeness (QED) is 0.418. The fourth-order valence-corrected chi connectivity index (χ4v) is 4.41. The SMILES string of the molecule is CCOC(=O)CCc1cc2c(C)cc(=O)oc2c(CN2CCN(c3ccc(F)cc3)CC2)c1O. The molecule has 1 fully saturated rings. The molecule has 2 heterocycles. The van der Waals surface area contributed by atoms with Crippen LogP contribution in [0.4, 0.5) is 10.1 Å². The van der Waals surface area contributed by atoms with Crippen molar-refractivity contribution >= 4 is 22.6 Å². The Morgan fingerprint density at radius 3 is 2.53 bits per heavy atom. The van der Waals surface area contributed by atoms with Gasteiger partial charge in [-0.1, -0.05) is 0 Å². The number of fused-ring (bicyclic) bond motifs is 1. The lowest BCUT2D eigenvalue weighted by molar-refractivity contribution is -0.143. The number of aromatic hydroxyl groups is 1. The maximum Gasteiger partial charge on any atom is 0.336 e. The Balaban J connectivity index is 1.58. The second kappa shape index (κ2) is 10.3. The summed E-state index contributed by atoms with van der Waals surface area (Å²) in [5.41, 5.74) is 2.81. The van der Waals surface area contributed by atoms with Crippen LogP contribution in [0.2, 0.25) is 0 Å². The Morgan fingerprint density at radius 2 is 1.85 bits per heavy atom. The number of benzene rings is 2. The number of hydrogen-bond acceptors (Lipinski definition) is 7.